The quantitative estimate of drug-likeness (QED) is 0.836. The Morgan fingerprint density at radius 1 is 1.42 bits per heavy atom. The molecule has 5 heteroatoms. The van der Waals surface area contributed by atoms with E-state index in [2.05, 4.69) is 5.32 Å². The van der Waals surface area contributed by atoms with Crippen LogP contribution in [0.15, 0.2) is 24.3 Å². The lowest BCUT2D eigenvalue weighted by Crippen LogP contribution is -2.40. The number of hydrogen-bond donors (Lipinski definition) is 1. The fourth-order valence-electron chi connectivity index (χ4n) is 2.07. The maximum atomic E-state index is 12.1. The van der Waals surface area contributed by atoms with E-state index in [1.165, 1.54) is 0 Å². The lowest BCUT2D eigenvalue weighted by molar-refractivity contribution is -0.126. The summed E-state index contributed by atoms with van der Waals surface area (Å²) < 4.78 is -0.929. The van der Waals surface area contributed by atoms with Crippen LogP contribution < -0.4 is 5.32 Å². The topological polar surface area (TPSA) is 29.1 Å². The van der Waals surface area contributed by atoms with E-state index in [0.29, 0.717) is 17.9 Å². The molecule has 0 radical (unpaired) electrons. The highest BCUT2D eigenvalue weighted by Crippen LogP contribution is 2.63. The van der Waals surface area contributed by atoms with Gasteiger partial charge in [-0.3, -0.25) is 4.79 Å². The Morgan fingerprint density at radius 3 is 2.53 bits per heavy atom. The number of carbonyl (C=O) groups excluding carboxylic acids is 1. The monoisotopic (exact) mass is 319 g/mol. The van der Waals surface area contributed by atoms with Gasteiger partial charge >= 0.3 is 0 Å². The van der Waals surface area contributed by atoms with Crippen molar-refractivity contribution in [2.75, 3.05) is 0 Å². The minimum atomic E-state index is -0.929. The first kappa shape index (κ1) is 15.0. The zero-order valence-electron chi connectivity index (χ0n) is 10.8. The second-order valence-electron chi connectivity index (χ2n) is 5.38. The Balaban J connectivity index is 1.94. The predicted octanol–water partition coefficient (Wildman–Crippen LogP) is 3.97. The normalized spacial score (nSPS) is 25.7. The first-order valence-corrected chi connectivity index (χ1v) is 7.32. The Bertz CT molecular complexity index is 503. The van der Waals surface area contributed by atoms with E-state index in [9.17, 15) is 4.79 Å². The molecule has 0 saturated heterocycles. The molecular weight excluding hydrogens is 305 g/mol. The van der Waals surface area contributed by atoms with Gasteiger partial charge in [-0.25, -0.2) is 0 Å². The molecule has 2 nitrogen and oxygen atoms in total. The Morgan fingerprint density at radius 2 is 2.00 bits per heavy atom. The van der Waals surface area contributed by atoms with Crippen LogP contribution in [-0.2, 0) is 11.2 Å². The van der Waals surface area contributed by atoms with Crippen LogP contribution in [0.25, 0.3) is 0 Å². The zero-order valence-corrected chi connectivity index (χ0v) is 13.1. The molecule has 19 heavy (non-hydrogen) atoms. The molecule has 104 valence electrons. The Hall–Kier alpha value is -0.440. The van der Waals surface area contributed by atoms with Gasteiger partial charge in [0.2, 0.25) is 5.91 Å². The molecule has 0 unspecified atom stereocenters. The summed E-state index contributed by atoms with van der Waals surface area (Å²) in [7, 11) is 0. The predicted molar refractivity (Wildman–Crippen MR) is 79.9 cm³/mol. The maximum absolute atomic E-state index is 12.1. The van der Waals surface area contributed by atoms with Gasteiger partial charge in [-0.1, -0.05) is 29.8 Å². The molecule has 1 N–H and O–H groups in total. The summed E-state index contributed by atoms with van der Waals surface area (Å²) in [5.41, 5.74) is 0.339. The Labute approximate surface area is 128 Å². The van der Waals surface area contributed by atoms with E-state index in [0.717, 1.165) is 5.56 Å². The maximum Gasteiger partial charge on any atom is 0.229 e. The third-order valence-corrected chi connectivity index (χ3v) is 5.09. The van der Waals surface area contributed by atoms with Crippen molar-refractivity contribution in [1.82, 2.24) is 5.32 Å². The summed E-state index contributed by atoms with van der Waals surface area (Å²) in [6, 6.07) is 7.60. The highest BCUT2D eigenvalue weighted by atomic mass is 35.5. The van der Waals surface area contributed by atoms with Crippen LogP contribution in [-0.4, -0.2) is 16.3 Å². The van der Waals surface area contributed by atoms with E-state index in [4.69, 9.17) is 34.8 Å². The number of hydrogen-bond acceptors (Lipinski definition) is 1. The van der Waals surface area contributed by atoms with Crippen LogP contribution in [0.4, 0.5) is 0 Å². The van der Waals surface area contributed by atoms with Gasteiger partial charge in [0.15, 0.2) is 0 Å². The SMILES string of the molecule is C[C@@H](Cc1ccccc1Cl)NC(=O)[C@]1(C)CC1(Cl)Cl. The molecule has 0 heterocycles. The number of amides is 1. The molecular formula is C14H16Cl3NO. The molecule has 1 aromatic carbocycles. The third kappa shape index (κ3) is 3.01. The van der Waals surface area contributed by atoms with Crippen molar-refractivity contribution >= 4 is 40.7 Å². The number of halogens is 3. The van der Waals surface area contributed by atoms with Gasteiger partial charge in [-0.2, -0.15) is 0 Å². The molecule has 1 amide bonds. The molecule has 1 aliphatic carbocycles. The molecule has 2 atom stereocenters. The molecule has 1 fully saturated rings. The standard InChI is InChI=1S/C14H16Cl3NO/c1-9(7-10-5-3-4-6-11(10)15)18-12(19)13(2)8-14(13,16)17/h3-6,9H,7-8H2,1-2H3,(H,18,19)/t9-,13-/m0/s1. The van der Waals surface area contributed by atoms with Gasteiger partial charge in [0.05, 0.1) is 5.41 Å². The Kier molecular flexibility index (Phi) is 4.06. The fourth-order valence-corrected chi connectivity index (χ4v) is 2.99. The summed E-state index contributed by atoms with van der Waals surface area (Å²) in [5, 5.41) is 3.66. The first-order chi connectivity index (χ1) is 8.76. The van der Waals surface area contributed by atoms with Gasteiger partial charge in [-0.15, -0.1) is 23.2 Å². The van der Waals surface area contributed by atoms with Crippen molar-refractivity contribution in [2.45, 2.75) is 37.1 Å². The van der Waals surface area contributed by atoms with Gasteiger partial charge in [0, 0.05) is 11.1 Å². The van der Waals surface area contributed by atoms with Crippen LogP contribution in [0.3, 0.4) is 0 Å². The number of benzene rings is 1. The lowest BCUT2D eigenvalue weighted by atomic mass is 10.0. The number of carbonyl (C=O) groups is 1. The van der Waals surface area contributed by atoms with Crippen molar-refractivity contribution in [3.05, 3.63) is 34.9 Å². The summed E-state index contributed by atoms with van der Waals surface area (Å²) in [4.78, 5) is 12.1. The number of rotatable bonds is 4. The minimum absolute atomic E-state index is 0.0195. The summed E-state index contributed by atoms with van der Waals surface area (Å²) in [6.07, 6.45) is 1.17. The van der Waals surface area contributed by atoms with Crippen LogP contribution in [0, 0.1) is 5.41 Å². The van der Waals surface area contributed by atoms with Gasteiger partial charge in [-0.05, 0) is 38.3 Å². The molecule has 1 saturated carbocycles. The third-order valence-electron chi connectivity index (χ3n) is 3.62. The molecule has 0 bridgehead atoms. The lowest BCUT2D eigenvalue weighted by Gasteiger charge is -2.18. The first-order valence-electron chi connectivity index (χ1n) is 6.18. The van der Waals surface area contributed by atoms with E-state index in [1.807, 2.05) is 31.2 Å². The van der Waals surface area contributed by atoms with E-state index < -0.39 is 9.75 Å². The molecule has 0 aromatic heterocycles. The van der Waals surface area contributed by atoms with Crippen molar-refractivity contribution in [3.8, 4) is 0 Å². The largest absolute Gasteiger partial charge is 0.353 e. The molecule has 1 aromatic rings. The highest BCUT2D eigenvalue weighted by Gasteiger charge is 2.67. The van der Waals surface area contributed by atoms with Gasteiger partial charge in [0.25, 0.3) is 0 Å². The van der Waals surface area contributed by atoms with Gasteiger partial charge < -0.3 is 5.32 Å². The smallest absolute Gasteiger partial charge is 0.229 e. The van der Waals surface area contributed by atoms with Crippen LogP contribution in [0.2, 0.25) is 5.02 Å². The van der Waals surface area contributed by atoms with Crippen LogP contribution in [0.5, 0.6) is 0 Å². The van der Waals surface area contributed by atoms with Crippen molar-refractivity contribution in [2.24, 2.45) is 5.41 Å². The second-order valence-corrected chi connectivity index (χ2v) is 7.27. The zero-order chi connectivity index (χ0) is 14.3. The van der Waals surface area contributed by atoms with Crippen LogP contribution >= 0.6 is 34.8 Å². The summed E-state index contributed by atoms with van der Waals surface area (Å²) >= 11 is 18.1. The number of nitrogens with one attached hydrogen (secondary N) is 1. The highest BCUT2D eigenvalue weighted by molar-refractivity contribution is 6.53. The van der Waals surface area contributed by atoms with Gasteiger partial charge in [0.1, 0.15) is 4.33 Å². The second kappa shape index (κ2) is 5.16. The fraction of sp³-hybridized carbons (Fsp3) is 0.500. The van der Waals surface area contributed by atoms with Crippen molar-refractivity contribution in [3.63, 3.8) is 0 Å². The van der Waals surface area contributed by atoms with Crippen molar-refractivity contribution < 1.29 is 4.79 Å². The molecule has 0 spiro atoms. The molecule has 0 aliphatic heterocycles. The minimum Gasteiger partial charge on any atom is -0.353 e. The van der Waals surface area contributed by atoms with E-state index in [1.54, 1.807) is 6.92 Å². The molecule has 2 rings (SSSR count). The number of alkyl halides is 2. The average molecular weight is 321 g/mol. The summed E-state index contributed by atoms with van der Waals surface area (Å²) in [6.45, 7) is 3.72. The van der Waals surface area contributed by atoms with Crippen LogP contribution in [0.1, 0.15) is 25.8 Å². The average Bonchev–Trinajstić information content (AvgIpc) is 2.83. The van der Waals surface area contributed by atoms with E-state index >= 15 is 0 Å². The summed E-state index contributed by atoms with van der Waals surface area (Å²) in [5.74, 6) is -0.1000. The van der Waals surface area contributed by atoms with E-state index in [-0.39, 0.29) is 11.9 Å². The molecule has 1 aliphatic rings. The van der Waals surface area contributed by atoms with Crippen molar-refractivity contribution in [1.29, 1.82) is 0 Å².